The van der Waals surface area contributed by atoms with Crippen LogP contribution in [0.15, 0.2) is 12.4 Å². The molecule has 1 rings (SSSR count). The van der Waals surface area contributed by atoms with Crippen molar-refractivity contribution in [1.82, 2.24) is 9.80 Å². The number of hydrogen-bond acceptors (Lipinski definition) is 3. The van der Waals surface area contributed by atoms with Crippen LogP contribution in [0.1, 0.15) is 19.3 Å². The van der Waals surface area contributed by atoms with Crippen molar-refractivity contribution < 1.29 is 0 Å². The molecule has 0 aromatic heterocycles. The molecular weight excluding hydrogens is 150 g/mol. The van der Waals surface area contributed by atoms with Crippen LogP contribution < -0.4 is 0 Å². The molecule has 0 fully saturated rings. The minimum absolute atomic E-state index is 0.688. The fourth-order valence-corrected chi connectivity index (χ4v) is 1.25. The van der Waals surface area contributed by atoms with Gasteiger partial charge in [-0.1, -0.05) is 0 Å². The van der Waals surface area contributed by atoms with E-state index < -0.39 is 0 Å². The second kappa shape index (κ2) is 4.66. The Balaban J connectivity index is 2.02. The van der Waals surface area contributed by atoms with Crippen molar-refractivity contribution in [1.29, 1.82) is 5.26 Å². The van der Waals surface area contributed by atoms with E-state index in [-0.39, 0.29) is 0 Å². The van der Waals surface area contributed by atoms with Gasteiger partial charge in [0.05, 0.1) is 12.7 Å². The van der Waals surface area contributed by atoms with Gasteiger partial charge in [0, 0.05) is 32.4 Å². The first kappa shape index (κ1) is 8.92. The van der Waals surface area contributed by atoms with Crippen LogP contribution in [-0.4, -0.2) is 30.1 Å². The smallest absolute Gasteiger partial charge is 0.0890 e. The highest BCUT2D eigenvalue weighted by atomic mass is 15.3. The predicted octanol–water partition coefficient (Wildman–Crippen LogP) is 1.36. The average Bonchev–Trinajstić information content (AvgIpc) is 2.45. The van der Waals surface area contributed by atoms with Crippen molar-refractivity contribution in [3.63, 3.8) is 0 Å². The summed E-state index contributed by atoms with van der Waals surface area (Å²) in [4.78, 5) is 4.40. The third-order valence-electron chi connectivity index (χ3n) is 1.92. The van der Waals surface area contributed by atoms with E-state index in [0.717, 1.165) is 26.1 Å². The summed E-state index contributed by atoms with van der Waals surface area (Å²) in [6, 6.07) is 2.15. The van der Waals surface area contributed by atoms with Crippen LogP contribution in [-0.2, 0) is 0 Å². The molecule has 0 N–H and O–H groups in total. The number of unbranched alkanes of at least 4 members (excludes halogenated alkanes) is 2. The number of rotatable bonds is 4. The fourth-order valence-electron chi connectivity index (χ4n) is 1.25. The summed E-state index contributed by atoms with van der Waals surface area (Å²) < 4.78 is 0. The number of hydrogen-bond donors (Lipinski definition) is 0. The van der Waals surface area contributed by atoms with Gasteiger partial charge in [0.2, 0.25) is 0 Å². The highest BCUT2D eigenvalue weighted by molar-refractivity contribution is 4.88. The molecule has 0 spiro atoms. The molecule has 12 heavy (non-hydrogen) atoms. The molecule has 0 radical (unpaired) electrons. The quantitative estimate of drug-likeness (QED) is 0.589. The molecule has 0 saturated heterocycles. The highest BCUT2D eigenvalue weighted by Gasteiger charge is 2.06. The van der Waals surface area contributed by atoms with Crippen molar-refractivity contribution in [3.05, 3.63) is 12.4 Å². The molecule has 0 aromatic carbocycles. The maximum absolute atomic E-state index is 8.31. The van der Waals surface area contributed by atoms with Crippen molar-refractivity contribution in [2.45, 2.75) is 19.3 Å². The average molecular weight is 165 g/mol. The maximum atomic E-state index is 8.31. The Bertz CT molecular complexity index is 192. The van der Waals surface area contributed by atoms with Crippen LogP contribution in [0.2, 0.25) is 0 Å². The van der Waals surface area contributed by atoms with Crippen LogP contribution >= 0.6 is 0 Å². The normalized spacial score (nSPS) is 15.3. The van der Waals surface area contributed by atoms with E-state index in [4.69, 9.17) is 5.26 Å². The lowest BCUT2D eigenvalue weighted by Crippen LogP contribution is -2.23. The fraction of sp³-hybridized carbons (Fsp3) is 0.667. The maximum Gasteiger partial charge on any atom is 0.0890 e. The standard InChI is InChI=1S/C9H15N3/c1-11-7-8-12(9-11)6-4-2-3-5-10/h7-8H,2-4,6,9H2,1H3. The van der Waals surface area contributed by atoms with Gasteiger partial charge < -0.3 is 9.80 Å². The lowest BCUT2D eigenvalue weighted by atomic mass is 10.2. The molecule has 3 nitrogen and oxygen atoms in total. The van der Waals surface area contributed by atoms with Gasteiger partial charge in [0.1, 0.15) is 0 Å². The van der Waals surface area contributed by atoms with Crippen molar-refractivity contribution >= 4 is 0 Å². The summed E-state index contributed by atoms with van der Waals surface area (Å²) in [6.07, 6.45) is 7.00. The van der Waals surface area contributed by atoms with E-state index in [1.165, 1.54) is 0 Å². The summed E-state index contributed by atoms with van der Waals surface area (Å²) in [5.41, 5.74) is 0. The summed E-state index contributed by atoms with van der Waals surface area (Å²) in [6.45, 7) is 2.06. The molecule has 0 atom stereocenters. The molecule has 3 heteroatoms. The monoisotopic (exact) mass is 165 g/mol. The topological polar surface area (TPSA) is 30.3 Å². The van der Waals surface area contributed by atoms with Gasteiger partial charge in [-0.3, -0.25) is 0 Å². The van der Waals surface area contributed by atoms with Crippen molar-refractivity contribution in [3.8, 4) is 6.07 Å². The Morgan fingerprint density at radius 2 is 2.25 bits per heavy atom. The second-order valence-electron chi connectivity index (χ2n) is 3.12. The summed E-state index contributed by atoms with van der Waals surface area (Å²) in [5, 5.41) is 8.31. The zero-order chi connectivity index (χ0) is 8.81. The molecule has 1 aliphatic rings. The third-order valence-corrected chi connectivity index (χ3v) is 1.92. The van der Waals surface area contributed by atoms with Crippen molar-refractivity contribution in [2.75, 3.05) is 20.3 Å². The molecule has 0 bridgehead atoms. The first-order chi connectivity index (χ1) is 5.83. The van der Waals surface area contributed by atoms with E-state index in [0.29, 0.717) is 6.42 Å². The Labute approximate surface area is 73.9 Å². The van der Waals surface area contributed by atoms with Crippen LogP contribution in [0.25, 0.3) is 0 Å². The van der Waals surface area contributed by atoms with Crippen LogP contribution in [0.3, 0.4) is 0 Å². The summed E-state index contributed by atoms with van der Waals surface area (Å²) >= 11 is 0. The molecule has 1 aliphatic heterocycles. The molecule has 0 aliphatic carbocycles. The van der Waals surface area contributed by atoms with Gasteiger partial charge in [-0.05, 0) is 12.8 Å². The minimum atomic E-state index is 0.688. The van der Waals surface area contributed by atoms with Gasteiger partial charge in [0.25, 0.3) is 0 Å². The van der Waals surface area contributed by atoms with Gasteiger partial charge in [0.15, 0.2) is 0 Å². The van der Waals surface area contributed by atoms with Gasteiger partial charge >= 0.3 is 0 Å². The van der Waals surface area contributed by atoms with E-state index in [9.17, 15) is 0 Å². The first-order valence-corrected chi connectivity index (χ1v) is 4.32. The SMILES string of the molecule is CN1C=CN(CCCCC#N)C1. The second-order valence-corrected chi connectivity index (χ2v) is 3.12. The zero-order valence-corrected chi connectivity index (χ0v) is 7.53. The molecular formula is C9H15N3. The Hall–Kier alpha value is -1.17. The molecule has 0 unspecified atom stereocenters. The van der Waals surface area contributed by atoms with E-state index in [1.54, 1.807) is 0 Å². The molecule has 0 saturated carbocycles. The van der Waals surface area contributed by atoms with E-state index in [2.05, 4.69) is 35.3 Å². The lowest BCUT2D eigenvalue weighted by molar-refractivity contribution is 0.292. The largest absolute Gasteiger partial charge is 0.362 e. The number of nitrogens with zero attached hydrogens (tertiary/aromatic N) is 3. The highest BCUT2D eigenvalue weighted by Crippen LogP contribution is 2.05. The summed E-state index contributed by atoms with van der Waals surface area (Å²) in [7, 11) is 2.06. The molecule has 1 heterocycles. The third kappa shape index (κ3) is 2.83. The van der Waals surface area contributed by atoms with Crippen molar-refractivity contribution in [2.24, 2.45) is 0 Å². The number of nitriles is 1. The Kier molecular flexibility index (Phi) is 3.46. The Morgan fingerprint density at radius 1 is 1.42 bits per heavy atom. The lowest BCUT2D eigenvalue weighted by Gasteiger charge is -2.17. The molecule has 0 amide bonds. The summed E-state index contributed by atoms with van der Waals surface area (Å²) in [5.74, 6) is 0. The van der Waals surface area contributed by atoms with Gasteiger partial charge in [-0.25, -0.2) is 0 Å². The zero-order valence-electron chi connectivity index (χ0n) is 7.53. The molecule has 66 valence electrons. The molecule has 0 aromatic rings. The Morgan fingerprint density at radius 3 is 2.83 bits per heavy atom. The van der Waals surface area contributed by atoms with Gasteiger partial charge in [-0.15, -0.1) is 0 Å². The van der Waals surface area contributed by atoms with Crippen LogP contribution in [0.5, 0.6) is 0 Å². The predicted molar refractivity (Wildman–Crippen MR) is 47.9 cm³/mol. The first-order valence-electron chi connectivity index (χ1n) is 4.32. The van der Waals surface area contributed by atoms with Crippen LogP contribution in [0, 0.1) is 11.3 Å². The van der Waals surface area contributed by atoms with Crippen LogP contribution in [0.4, 0.5) is 0 Å². The minimum Gasteiger partial charge on any atom is -0.362 e. The van der Waals surface area contributed by atoms with Gasteiger partial charge in [-0.2, -0.15) is 5.26 Å². The van der Waals surface area contributed by atoms with E-state index >= 15 is 0 Å². The van der Waals surface area contributed by atoms with E-state index in [1.807, 2.05) is 0 Å².